The predicted octanol–water partition coefficient (Wildman–Crippen LogP) is 0.963. The van der Waals surface area contributed by atoms with E-state index >= 15 is 0 Å². The van der Waals surface area contributed by atoms with Crippen molar-refractivity contribution in [1.29, 1.82) is 0 Å². The SMILES string of the molecule is CCc1ccc(CN2CCN(C)CC2=O)c(C2OCCO2)n1. The number of amides is 1. The first-order chi connectivity index (χ1) is 10.7. The second-order valence-corrected chi connectivity index (χ2v) is 5.83. The topological polar surface area (TPSA) is 54.9 Å². The van der Waals surface area contributed by atoms with Gasteiger partial charge in [-0.3, -0.25) is 14.7 Å². The quantitative estimate of drug-likeness (QED) is 0.829. The molecule has 1 aromatic heterocycles. The van der Waals surface area contributed by atoms with Gasteiger partial charge in [-0.2, -0.15) is 0 Å². The molecule has 22 heavy (non-hydrogen) atoms. The van der Waals surface area contributed by atoms with Crippen LogP contribution in [-0.4, -0.2) is 60.6 Å². The molecular formula is C16H23N3O3. The van der Waals surface area contributed by atoms with Gasteiger partial charge >= 0.3 is 0 Å². The van der Waals surface area contributed by atoms with Crippen LogP contribution in [0.4, 0.5) is 0 Å². The van der Waals surface area contributed by atoms with E-state index in [0.29, 0.717) is 26.3 Å². The highest BCUT2D eigenvalue weighted by Gasteiger charge is 2.27. The summed E-state index contributed by atoms with van der Waals surface area (Å²) in [5, 5.41) is 0. The Morgan fingerprint density at radius 1 is 1.27 bits per heavy atom. The van der Waals surface area contributed by atoms with Gasteiger partial charge in [-0.1, -0.05) is 13.0 Å². The zero-order chi connectivity index (χ0) is 15.5. The molecule has 120 valence electrons. The minimum absolute atomic E-state index is 0.160. The fraction of sp³-hybridized carbons (Fsp3) is 0.625. The van der Waals surface area contributed by atoms with Crippen LogP contribution >= 0.6 is 0 Å². The van der Waals surface area contributed by atoms with Crippen LogP contribution in [0.15, 0.2) is 12.1 Å². The summed E-state index contributed by atoms with van der Waals surface area (Å²) in [5.74, 6) is 0.160. The van der Waals surface area contributed by atoms with Crippen LogP contribution in [0.3, 0.4) is 0 Å². The standard InChI is InChI=1S/C16H23N3O3/c1-3-13-5-4-12(15(17-13)16-21-8-9-22-16)10-19-7-6-18(2)11-14(19)20/h4-5,16H,3,6-11H2,1-2H3. The Hall–Kier alpha value is -1.50. The molecule has 0 bridgehead atoms. The summed E-state index contributed by atoms with van der Waals surface area (Å²) >= 11 is 0. The third-order valence-corrected chi connectivity index (χ3v) is 4.15. The number of pyridine rings is 1. The summed E-state index contributed by atoms with van der Waals surface area (Å²) in [6, 6.07) is 4.08. The van der Waals surface area contributed by atoms with E-state index in [2.05, 4.69) is 18.0 Å². The molecule has 0 radical (unpaired) electrons. The number of aromatic nitrogens is 1. The molecule has 2 fully saturated rings. The average Bonchev–Trinajstić information content (AvgIpc) is 3.04. The lowest BCUT2D eigenvalue weighted by Gasteiger charge is -2.32. The molecule has 0 unspecified atom stereocenters. The summed E-state index contributed by atoms with van der Waals surface area (Å²) in [4.78, 5) is 20.8. The lowest BCUT2D eigenvalue weighted by molar-refractivity contribution is -0.136. The van der Waals surface area contributed by atoms with Crippen LogP contribution in [0.2, 0.25) is 0 Å². The van der Waals surface area contributed by atoms with Crippen molar-refractivity contribution in [1.82, 2.24) is 14.8 Å². The number of piperazine rings is 1. The summed E-state index contributed by atoms with van der Waals surface area (Å²) in [7, 11) is 1.97. The Kier molecular flexibility index (Phi) is 4.71. The lowest BCUT2D eigenvalue weighted by Crippen LogP contribution is -2.48. The Labute approximate surface area is 131 Å². The van der Waals surface area contributed by atoms with Gasteiger partial charge in [0, 0.05) is 25.3 Å². The third kappa shape index (κ3) is 3.29. The Morgan fingerprint density at radius 2 is 2.05 bits per heavy atom. The van der Waals surface area contributed by atoms with E-state index in [1.807, 2.05) is 22.9 Å². The smallest absolute Gasteiger partial charge is 0.237 e. The number of nitrogens with zero attached hydrogens (tertiary/aromatic N) is 3. The van der Waals surface area contributed by atoms with Crippen molar-refractivity contribution in [2.45, 2.75) is 26.2 Å². The Balaban J connectivity index is 1.81. The summed E-state index contributed by atoms with van der Waals surface area (Å²) in [6.45, 7) is 5.96. The van der Waals surface area contributed by atoms with Crippen molar-refractivity contribution < 1.29 is 14.3 Å². The third-order valence-electron chi connectivity index (χ3n) is 4.15. The van der Waals surface area contributed by atoms with Gasteiger partial charge in [0.25, 0.3) is 0 Å². The first-order valence-electron chi connectivity index (χ1n) is 7.85. The number of rotatable bonds is 4. The summed E-state index contributed by atoms with van der Waals surface area (Å²) in [5.41, 5.74) is 2.85. The molecule has 2 aliphatic heterocycles. The predicted molar refractivity (Wildman–Crippen MR) is 81.2 cm³/mol. The normalized spacial score (nSPS) is 20.8. The molecule has 0 spiro atoms. The fourth-order valence-corrected chi connectivity index (χ4v) is 2.80. The van der Waals surface area contributed by atoms with E-state index in [9.17, 15) is 4.79 Å². The number of hydrogen-bond acceptors (Lipinski definition) is 5. The summed E-state index contributed by atoms with van der Waals surface area (Å²) < 4.78 is 11.2. The van der Waals surface area contributed by atoms with Crippen molar-refractivity contribution >= 4 is 5.91 Å². The van der Waals surface area contributed by atoms with Crippen LogP contribution in [0, 0.1) is 0 Å². The van der Waals surface area contributed by atoms with Crippen molar-refractivity contribution in [3.8, 4) is 0 Å². The lowest BCUT2D eigenvalue weighted by atomic mass is 10.1. The molecule has 2 aliphatic rings. The monoisotopic (exact) mass is 305 g/mol. The molecule has 1 aromatic rings. The highest BCUT2D eigenvalue weighted by Crippen LogP contribution is 2.26. The van der Waals surface area contributed by atoms with E-state index < -0.39 is 6.29 Å². The second-order valence-electron chi connectivity index (χ2n) is 5.83. The first kappa shape index (κ1) is 15.4. The first-order valence-corrected chi connectivity index (χ1v) is 7.85. The number of ether oxygens (including phenoxy) is 2. The van der Waals surface area contributed by atoms with Gasteiger partial charge < -0.3 is 14.4 Å². The van der Waals surface area contributed by atoms with Crippen LogP contribution in [-0.2, 0) is 27.2 Å². The minimum Gasteiger partial charge on any atom is -0.345 e. The van der Waals surface area contributed by atoms with Gasteiger partial charge in [0.15, 0.2) is 0 Å². The molecule has 6 nitrogen and oxygen atoms in total. The van der Waals surface area contributed by atoms with Crippen molar-refractivity contribution in [2.24, 2.45) is 0 Å². The number of likely N-dealkylation sites (N-methyl/N-ethyl adjacent to an activating group) is 1. The maximum Gasteiger partial charge on any atom is 0.237 e. The molecule has 0 aromatic carbocycles. The van der Waals surface area contributed by atoms with Crippen LogP contribution in [0.25, 0.3) is 0 Å². The molecule has 0 N–H and O–H groups in total. The molecular weight excluding hydrogens is 282 g/mol. The molecule has 3 heterocycles. The Morgan fingerprint density at radius 3 is 2.73 bits per heavy atom. The number of hydrogen-bond donors (Lipinski definition) is 0. The van der Waals surface area contributed by atoms with E-state index in [0.717, 1.165) is 36.5 Å². The molecule has 2 saturated heterocycles. The maximum absolute atomic E-state index is 12.2. The zero-order valence-electron chi connectivity index (χ0n) is 13.2. The zero-order valence-corrected chi connectivity index (χ0v) is 13.2. The van der Waals surface area contributed by atoms with E-state index in [1.54, 1.807) is 0 Å². The average molecular weight is 305 g/mol. The second kappa shape index (κ2) is 6.73. The molecule has 6 heteroatoms. The largest absolute Gasteiger partial charge is 0.345 e. The summed E-state index contributed by atoms with van der Waals surface area (Å²) in [6.07, 6.45) is 0.469. The number of aryl methyl sites for hydroxylation is 1. The maximum atomic E-state index is 12.2. The molecule has 0 atom stereocenters. The van der Waals surface area contributed by atoms with E-state index in [-0.39, 0.29) is 5.91 Å². The number of carbonyl (C=O) groups is 1. The highest BCUT2D eigenvalue weighted by molar-refractivity contribution is 5.79. The van der Waals surface area contributed by atoms with Gasteiger partial charge in [-0.15, -0.1) is 0 Å². The van der Waals surface area contributed by atoms with E-state index in [4.69, 9.17) is 9.47 Å². The van der Waals surface area contributed by atoms with Gasteiger partial charge in [-0.05, 0) is 25.1 Å². The molecule has 0 aliphatic carbocycles. The highest BCUT2D eigenvalue weighted by atomic mass is 16.7. The van der Waals surface area contributed by atoms with Crippen molar-refractivity contribution in [3.63, 3.8) is 0 Å². The number of carbonyl (C=O) groups excluding carboxylic acids is 1. The van der Waals surface area contributed by atoms with Gasteiger partial charge in [0.05, 0.1) is 19.8 Å². The van der Waals surface area contributed by atoms with Crippen molar-refractivity contribution in [2.75, 3.05) is 39.9 Å². The van der Waals surface area contributed by atoms with Crippen molar-refractivity contribution in [3.05, 3.63) is 29.1 Å². The van der Waals surface area contributed by atoms with Gasteiger partial charge in [0.2, 0.25) is 12.2 Å². The van der Waals surface area contributed by atoms with Gasteiger partial charge in [-0.25, -0.2) is 0 Å². The molecule has 3 rings (SSSR count). The van der Waals surface area contributed by atoms with E-state index in [1.165, 1.54) is 0 Å². The fourth-order valence-electron chi connectivity index (χ4n) is 2.80. The minimum atomic E-state index is -0.399. The molecule has 1 amide bonds. The van der Waals surface area contributed by atoms with Gasteiger partial charge in [0.1, 0.15) is 5.69 Å². The van der Waals surface area contributed by atoms with Crippen LogP contribution < -0.4 is 0 Å². The van der Waals surface area contributed by atoms with Crippen LogP contribution in [0.5, 0.6) is 0 Å². The Bertz CT molecular complexity index is 543. The van der Waals surface area contributed by atoms with Crippen LogP contribution in [0.1, 0.15) is 30.2 Å². The molecule has 0 saturated carbocycles.